The third-order valence-corrected chi connectivity index (χ3v) is 6.07. The van der Waals surface area contributed by atoms with Crippen LogP contribution in [0.4, 0.5) is 5.69 Å². The van der Waals surface area contributed by atoms with Crippen molar-refractivity contribution in [2.45, 2.75) is 38.1 Å². The molecule has 0 bridgehead atoms. The number of ether oxygens (including phenoxy) is 1. The summed E-state index contributed by atoms with van der Waals surface area (Å²) >= 11 is 3.62. The molecule has 3 heteroatoms. The van der Waals surface area contributed by atoms with E-state index in [-0.39, 0.29) is 6.04 Å². The van der Waals surface area contributed by atoms with Crippen molar-refractivity contribution in [3.63, 3.8) is 0 Å². The Morgan fingerprint density at radius 2 is 1.96 bits per heavy atom. The second kappa shape index (κ2) is 6.53. The minimum Gasteiger partial charge on any atom is -0.496 e. The number of hydrogen-bond donors (Lipinski definition) is 1. The first-order chi connectivity index (χ1) is 12.1. The molecule has 0 amide bonds. The molecule has 0 spiro atoms. The molecule has 1 aliphatic carbocycles. The van der Waals surface area contributed by atoms with Gasteiger partial charge in [-0.25, -0.2) is 0 Å². The van der Waals surface area contributed by atoms with Gasteiger partial charge in [-0.15, -0.1) is 0 Å². The summed E-state index contributed by atoms with van der Waals surface area (Å²) in [4.78, 5) is 0. The molecule has 1 aliphatic heterocycles. The van der Waals surface area contributed by atoms with Crippen LogP contribution in [0.15, 0.2) is 53.0 Å². The van der Waals surface area contributed by atoms with E-state index in [9.17, 15) is 0 Å². The molecule has 1 heterocycles. The molecule has 0 saturated heterocycles. The van der Waals surface area contributed by atoms with Crippen molar-refractivity contribution in [3.8, 4) is 5.75 Å². The lowest BCUT2D eigenvalue weighted by molar-refractivity contribution is 0.381. The normalized spacial score (nSPS) is 24.0. The van der Waals surface area contributed by atoms with Crippen LogP contribution in [0.25, 0.3) is 0 Å². The van der Waals surface area contributed by atoms with Gasteiger partial charge in [-0.3, -0.25) is 0 Å². The van der Waals surface area contributed by atoms with Gasteiger partial charge < -0.3 is 10.1 Å². The summed E-state index contributed by atoms with van der Waals surface area (Å²) in [5, 5.41) is 3.81. The lowest BCUT2D eigenvalue weighted by atomic mass is 9.76. The lowest BCUT2D eigenvalue weighted by Crippen LogP contribution is -2.29. The van der Waals surface area contributed by atoms with Crippen LogP contribution in [-0.4, -0.2) is 7.11 Å². The second-order valence-corrected chi connectivity index (χ2v) is 8.28. The summed E-state index contributed by atoms with van der Waals surface area (Å²) in [6.07, 6.45) is 5.83. The molecule has 2 aromatic rings. The Labute approximate surface area is 158 Å². The van der Waals surface area contributed by atoms with Crippen LogP contribution >= 0.6 is 15.9 Å². The summed E-state index contributed by atoms with van der Waals surface area (Å²) in [5.74, 6) is 2.51. The highest BCUT2D eigenvalue weighted by Gasteiger charge is 2.39. The van der Waals surface area contributed by atoms with Crippen LogP contribution in [-0.2, 0) is 0 Å². The van der Waals surface area contributed by atoms with Gasteiger partial charge in [-0.1, -0.05) is 54.1 Å². The number of rotatable bonds is 3. The highest BCUT2D eigenvalue weighted by Crippen LogP contribution is 2.51. The maximum atomic E-state index is 5.66. The van der Waals surface area contributed by atoms with E-state index in [0.717, 1.165) is 16.6 Å². The first-order valence-electron chi connectivity index (χ1n) is 8.99. The molecule has 2 nitrogen and oxygen atoms in total. The molecular formula is C22H24BrNO. The fourth-order valence-electron chi connectivity index (χ4n) is 4.23. The number of benzene rings is 2. The van der Waals surface area contributed by atoms with Crippen LogP contribution in [0, 0.1) is 5.92 Å². The zero-order valence-electron chi connectivity index (χ0n) is 14.9. The fourth-order valence-corrected chi connectivity index (χ4v) is 4.61. The number of fused-ring (bicyclic) bond motifs is 3. The number of halogens is 1. The Bertz CT molecular complexity index is 827. The molecular weight excluding hydrogens is 374 g/mol. The van der Waals surface area contributed by atoms with Crippen molar-refractivity contribution in [2.24, 2.45) is 5.92 Å². The summed E-state index contributed by atoms with van der Waals surface area (Å²) in [6, 6.07) is 13.4. The minimum absolute atomic E-state index is 0.254. The molecule has 2 aliphatic rings. The van der Waals surface area contributed by atoms with E-state index in [1.54, 1.807) is 7.11 Å². The fraction of sp³-hybridized carbons (Fsp3) is 0.364. The monoisotopic (exact) mass is 397 g/mol. The molecule has 2 aromatic carbocycles. The Balaban J connectivity index is 1.80. The van der Waals surface area contributed by atoms with E-state index in [4.69, 9.17) is 4.74 Å². The molecule has 130 valence electrons. The van der Waals surface area contributed by atoms with Gasteiger partial charge in [0.1, 0.15) is 5.75 Å². The molecule has 4 rings (SSSR count). The van der Waals surface area contributed by atoms with Crippen LogP contribution in [0.3, 0.4) is 0 Å². The van der Waals surface area contributed by atoms with Crippen LogP contribution in [0.1, 0.15) is 54.8 Å². The topological polar surface area (TPSA) is 21.3 Å². The summed E-state index contributed by atoms with van der Waals surface area (Å²) in [7, 11) is 1.75. The Kier molecular flexibility index (Phi) is 4.36. The van der Waals surface area contributed by atoms with Crippen LogP contribution < -0.4 is 10.1 Å². The average molecular weight is 398 g/mol. The van der Waals surface area contributed by atoms with Crippen molar-refractivity contribution >= 4 is 21.6 Å². The second-order valence-electron chi connectivity index (χ2n) is 7.36. The predicted molar refractivity (Wildman–Crippen MR) is 108 cm³/mol. The number of nitrogens with one attached hydrogen (secondary N) is 1. The van der Waals surface area contributed by atoms with E-state index >= 15 is 0 Å². The molecule has 3 atom stereocenters. The van der Waals surface area contributed by atoms with Gasteiger partial charge in [0.2, 0.25) is 0 Å². The Hall–Kier alpha value is -1.74. The van der Waals surface area contributed by atoms with Gasteiger partial charge in [0.25, 0.3) is 0 Å². The zero-order chi connectivity index (χ0) is 17.6. The predicted octanol–water partition coefficient (Wildman–Crippen LogP) is 6.41. The standard InChI is InChI=1S/C22H24BrNO/c1-13(2)14-7-9-20-18(11-14)16-5-4-6-17(16)22(24-20)19-12-15(23)8-10-21(19)25-3/h4-5,7-13,16-17,22,24H,6H2,1-3H3/t16-,17-,22+/m0/s1. The Morgan fingerprint density at radius 1 is 1.12 bits per heavy atom. The van der Waals surface area contributed by atoms with E-state index in [1.807, 2.05) is 6.07 Å². The van der Waals surface area contributed by atoms with E-state index < -0.39 is 0 Å². The van der Waals surface area contributed by atoms with Crippen molar-refractivity contribution < 1.29 is 4.74 Å². The first-order valence-corrected chi connectivity index (χ1v) is 9.78. The lowest BCUT2D eigenvalue weighted by Gasteiger charge is -2.38. The van der Waals surface area contributed by atoms with Gasteiger partial charge >= 0.3 is 0 Å². The smallest absolute Gasteiger partial charge is 0.124 e. The largest absolute Gasteiger partial charge is 0.496 e. The molecule has 0 saturated carbocycles. The first kappa shape index (κ1) is 16.7. The number of methoxy groups -OCH3 is 1. The number of allylic oxidation sites excluding steroid dienone is 2. The quantitative estimate of drug-likeness (QED) is 0.604. The molecule has 0 unspecified atom stereocenters. The van der Waals surface area contributed by atoms with Crippen molar-refractivity contribution in [1.82, 2.24) is 0 Å². The third-order valence-electron chi connectivity index (χ3n) is 5.58. The molecule has 0 aromatic heterocycles. The summed E-state index contributed by atoms with van der Waals surface area (Å²) < 4.78 is 6.75. The van der Waals surface area contributed by atoms with Gasteiger partial charge in [-0.2, -0.15) is 0 Å². The van der Waals surface area contributed by atoms with E-state index in [0.29, 0.717) is 17.8 Å². The average Bonchev–Trinajstić information content (AvgIpc) is 3.10. The van der Waals surface area contributed by atoms with Gasteiger partial charge in [0.05, 0.1) is 13.2 Å². The van der Waals surface area contributed by atoms with Crippen molar-refractivity contribution in [2.75, 3.05) is 12.4 Å². The van der Waals surface area contributed by atoms with Crippen molar-refractivity contribution in [3.05, 3.63) is 69.7 Å². The summed E-state index contributed by atoms with van der Waals surface area (Å²) in [6.45, 7) is 4.52. The maximum Gasteiger partial charge on any atom is 0.124 e. The van der Waals surface area contributed by atoms with Gasteiger partial charge in [0, 0.05) is 21.6 Å². The third kappa shape index (κ3) is 2.89. The van der Waals surface area contributed by atoms with E-state index in [1.165, 1.54) is 22.4 Å². The Morgan fingerprint density at radius 3 is 2.72 bits per heavy atom. The number of hydrogen-bond acceptors (Lipinski definition) is 2. The maximum absolute atomic E-state index is 5.66. The van der Waals surface area contributed by atoms with Gasteiger partial charge in [-0.05, 0) is 53.6 Å². The molecule has 0 radical (unpaired) electrons. The van der Waals surface area contributed by atoms with Crippen molar-refractivity contribution in [1.29, 1.82) is 0 Å². The molecule has 1 N–H and O–H groups in total. The highest BCUT2D eigenvalue weighted by atomic mass is 79.9. The van der Waals surface area contributed by atoms with E-state index in [2.05, 4.69) is 77.6 Å². The van der Waals surface area contributed by atoms with Gasteiger partial charge in [0.15, 0.2) is 0 Å². The SMILES string of the molecule is COc1ccc(Br)cc1[C@@H]1Nc2ccc(C(C)C)cc2[C@H]2C=CC[C@@H]21. The summed E-state index contributed by atoms with van der Waals surface area (Å²) in [5.41, 5.74) is 5.34. The van der Waals surface area contributed by atoms with Crippen LogP contribution in [0.5, 0.6) is 5.75 Å². The molecule has 25 heavy (non-hydrogen) atoms. The molecule has 0 fully saturated rings. The minimum atomic E-state index is 0.254. The highest BCUT2D eigenvalue weighted by molar-refractivity contribution is 9.10. The number of anilines is 1. The zero-order valence-corrected chi connectivity index (χ0v) is 16.5. The van der Waals surface area contributed by atoms with Crippen LogP contribution in [0.2, 0.25) is 0 Å².